The minimum absolute atomic E-state index is 0. The van der Waals surface area contributed by atoms with Crippen LogP contribution in [0.15, 0.2) is 28.3 Å². The van der Waals surface area contributed by atoms with E-state index < -0.39 is 10.0 Å². The molecule has 126 valence electrons. The van der Waals surface area contributed by atoms with E-state index in [1.54, 1.807) is 23.3 Å². The van der Waals surface area contributed by atoms with Crippen LogP contribution in [0.1, 0.15) is 0 Å². The molecular formula is C14H19ClN4O3S. The molecule has 0 radical (unpaired) electrons. The van der Waals surface area contributed by atoms with E-state index in [-0.39, 0.29) is 24.1 Å². The summed E-state index contributed by atoms with van der Waals surface area (Å²) in [4.78, 5) is 16.3. The molecule has 0 aromatic rings. The Morgan fingerprint density at radius 2 is 1.91 bits per heavy atom. The molecule has 4 rings (SSSR count). The van der Waals surface area contributed by atoms with E-state index in [2.05, 4.69) is 9.71 Å². The number of hydrogen-bond acceptors (Lipinski definition) is 5. The lowest BCUT2D eigenvalue weighted by atomic mass is 10.0. The highest BCUT2D eigenvalue weighted by Gasteiger charge is 2.39. The summed E-state index contributed by atoms with van der Waals surface area (Å²) in [5.41, 5.74) is 0.603. The van der Waals surface area contributed by atoms with Crippen LogP contribution in [0, 0.1) is 11.8 Å². The first-order valence-electron chi connectivity index (χ1n) is 7.51. The lowest BCUT2D eigenvalue weighted by molar-refractivity contribution is -0.126. The van der Waals surface area contributed by atoms with Gasteiger partial charge in [-0.3, -0.25) is 4.79 Å². The van der Waals surface area contributed by atoms with Gasteiger partial charge in [-0.1, -0.05) is 0 Å². The number of nitrogens with zero attached hydrogens (tertiary/aromatic N) is 3. The number of rotatable bonds is 1. The number of carbonyl (C=O) groups is 1. The van der Waals surface area contributed by atoms with Gasteiger partial charge in [0.05, 0.1) is 11.3 Å². The van der Waals surface area contributed by atoms with Gasteiger partial charge in [-0.2, -0.15) is 0 Å². The molecule has 0 aliphatic carbocycles. The first-order chi connectivity index (χ1) is 10.5. The Bertz CT molecular complexity index is 704. The number of hydrogen-bond donors (Lipinski definition) is 1. The van der Waals surface area contributed by atoms with Gasteiger partial charge in [0, 0.05) is 38.9 Å². The zero-order chi connectivity index (χ0) is 15.3. The fourth-order valence-electron chi connectivity index (χ4n) is 3.53. The fourth-order valence-corrected chi connectivity index (χ4v) is 4.50. The van der Waals surface area contributed by atoms with Crippen molar-refractivity contribution in [3.05, 3.63) is 23.9 Å². The first-order valence-corrected chi connectivity index (χ1v) is 9.12. The second kappa shape index (κ2) is 5.92. The molecule has 7 nitrogen and oxygen atoms in total. The largest absolute Gasteiger partial charge is 0.338 e. The first kappa shape index (κ1) is 16.5. The summed E-state index contributed by atoms with van der Waals surface area (Å²) in [7, 11) is -3.35. The monoisotopic (exact) mass is 358 g/mol. The highest BCUT2D eigenvalue weighted by atomic mass is 35.5. The van der Waals surface area contributed by atoms with Crippen LogP contribution in [0.4, 0.5) is 0 Å². The molecule has 0 aromatic heterocycles. The van der Waals surface area contributed by atoms with Crippen LogP contribution in [0.5, 0.6) is 0 Å². The molecule has 0 aromatic carbocycles. The van der Waals surface area contributed by atoms with Gasteiger partial charge in [0.25, 0.3) is 15.9 Å². The molecule has 0 unspecified atom stereocenters. The third-order valence-corrected chi connectivity index (χ3v) is 5.91. The normalized spacial score (nSPS) is 31.0. The van der Waals surface area contributed by atoms with Crippen molar-refractivity contribution in [2.75, 3.05) is 38.5 Å². The topological polar surface area (TPSA) is 82.1 Å². The fraction of sp³-hybridized carbons (Fsp3) is 0.571. The Labute approximate surface area is 141 Å². The minimum atomic E-state index is -3.35. The van der Waals surface area contributed by atoms with E-state index in [4.69, 9.17) is 0 Å². The van der Waals surface area contributed by atoms with Crippen LogP contribution in [-0.4, -0.2) is 68.4 Å². The maximum absolute atomic E-state index is 12.6. The molecule has 0 bridgehead atoms. The number of amides is 1. The number of likely N-dealkylation sites (tertiary alicyclic amines) is 1. The van der Waals surface area contributed by atoms with Crippen molar-refractivity contribution < 1.29 is 13.2 Å². The average Bonchev–Trinajstić information content (AvgIpc) is 3.06. The highest BCUT2D eigenvalue weighted by Crippen LogP contribution is 2.28. The lowest BCUT2D eigenvalue weighted by Gasteiger charge is -2.28. The lowest BCUT2D eigenvalue weighted by Crippen LogP contribution is -2.39. The van der Waals surface area contributed by atoms with Crippen molar-refractivity contribution in [1.82, 2.24) is 15.1 Å². The molecular weight excluding hydrogens is 340 g/mol. The van der Waals surface area contributed by atoms with Crippen molar-refractivity contribution in [2.24, 2.45) is 16.2 Å². The highest BCUT2D eigenvalue weighted by molar-refractivity contribution is 7.90. The molecule has 1 N–H and O–H groups in total. The summed E-state index contributed by atoms with van der Waals surface area (Å²) in [6.07, 6.45) is 5.01. The van der Waals surface area contributed by atoms with Crippen molar-refractivity contribution in [3.63, 3.8) is 0 Å². The Kier molecular flexibility index (Phi) is 4.24. The van der Waals surface area contributed by atoms with E-state index >= 15 is 0 Å². The second-order valence-electron chi connectivity index (χ2n) is 6.24. The van der Waals surface area contributed by atoms with Gasteiger partial charge in [0.1, 0.15) is 5.84 Å². The van der Waals surface area contributed by atoms with E-state index in [9.17, 15) is 13.2 Å². The van der Waals surface area contributed by atoms with Crippen LogP contribution in [0.25, 0.3) is 0 Å². The average molecular weight is 359 g/mol. The smallest absolute Gasteiger partial charge is 0.256 e. The number of carbonyl (C=O) groups excluding carboxylic acids is 1. The van der Waals surface area contributed by atoms with Gasteiger partial charge in [-0.05, 0) is 24.0 Å². The zero-order valence-electron chi connectivity index (χ0n) is 12.5. The van der Waals surface area contributed by atoms with E-state index in [1.807, 2.05) is 4.90 Å². The molecule has 4 aliphatic rings. The molecule has 9 heteroatoms. The number of amidine groups is 1. The van der Waals surface area contributed by atoms with Crippen LogP contribution in [0.2, 0.25) is 0 Å². The van der Waals surface area contributed by atoms with Crippen LogP contribution < -0.4 is 5.32 Å². The summed E-state index contributed by atoms with van der Waals surface area (Å²) < 4.78 is 26.7. The standard InChI is InChI=1S/C14H18N4O3S.ClH/c19-14(18-8-11-5-15-6-12(11)9-18)10-1-2-13-16-22(20,21)4-3-17(13)7-10;/h1-2,7,11-12,15H,3-6,8-9H2;1H/t11-,12+;. The predicted octanol–water partition coefficient (Wildman–Crippen LogP) is -0.416. The molecule has 23 heavy (non-hydrogen) atoms. The van der Waals surface area contributed by atoms with Crippen LogP contribution in [0.3, 0.4) is 0 Å². The van der Waals surface area contributed by atoms with Gasteiger partial charge >= 0.3 is 0 Å². The number of halogens is 1. The Morgan fingerprint density at radius 1 is 1.22 bits per heavy atom. The van der Waals surface area contributed by atoms with Gasteiger partial charge < -0.3 is 15.1 Å². The number of sulfonamides is 1. The maximum atomic E-state index is 12.6. The molecule has 2 saturated heterocycles. The quantitative estimate of drug-likeness (QED) is 0.688. The molecule has 0 saturated carbocycles. The van der Waals surface area contributed by atoms with Crippen molar-refractivity contribution in [3.8, 4) is 0 Å². The van der Waals surface area contributed by atoms with Crippen LogP contribution in [-0.2, 0) is 14.8 Å². The third-order valence-electron chi connectivity index (χ3n) is 4.75. The van der Waals surface area contributed by atoms with E-state index in [0.717, 1.165) is 26.2 Å². The number of nitrogens with one attached hydrogen (secondary N) is 1. The van der Waals surface area contributed by atoms with Crippen molar-refractivity contribution in [2.45, 2.75) is 0 Å². The van der Waals surface area contributed by atoms with Gasteiger partial charge in [-0.25, -0.2) is 8.42 Å². The molecule has 4 aliphatic heterocycles. The summed E-state index contributed by atoms with van der Waals surface area (Å²) in [6, 6.07) is 0. The number of fused-ring (bicyclic) bond motifs is 2. The van der Waals surface area contributed by atoms with Gasteiger partial charge in [-0.15, -0.1) is 16.8 Å². The second-order valence-corrected chi connectivity index (χ2v) is 7.99. The van der Waals surface area contributed by atoms with Gasteiger partial charge in [0.2, 0.25) is 0 Å². The Hall–Kier alpha value is -1.38. The Balaban J connectivity index is 0.00000156. The molecule has 0 spiro atoms. The SMILES string of the molecule is Cl.O=C(C1=CN2CCS(=O)(=O)N=C2C=C1)N1C[C@H]2CNC[C@H]2C1. The molecule has 4 heterocycles. The van der Waals surface area contributed by atoms with Crippen molar-refractivity contribution >= 4 is 34.2 Å². The van der Waals surface area contributed by atoms with Gasteiger partial charge in [0.15, 0.2) is 0 Å². The summed E-state index contributed by atoms with van der Waals surface area (Å²) in [5, 5.41) is 3.36. The zero-order valence-corrected chi connectivity index (χ0v) is 14.1. The summed E-state index contributed by atoms with van der Waals surface area (Å²) >= 11 is 0. The van der Waals surface area contributed by atoms with Crippen molar-refractivity contribution in [1.29, 1.82) is 0 Å². The molecule has 2 atom stereocenters. The summed E-state index contributed by atoms with van der Waals surface area (Å²) in [6.45, 7) is 3.93. The third kappa shape index (κ3) is 3.02. The van der Waals surface area contributed by atoms with E-state index in [0.29, 0.717) is 29.8 Å². The van der Waals surface area contributed by atoms with E-state index in [1.165, 1.54) is 0 Å². The Morgan fingerprint density at radius 3 is 2.61 bits per heavy atom. The van der Waals surface area contributed by atoms with Crippen LogP contribution >= 0.6 is 12.4 Å². The predicted molar refractivity (Wildman–Crippen MR) is 88.8 cm³/mol. The summed E-state index contributed by atoms with van der Waals surface area (Å²) in [5.74, 6) is 1.54. The molecule has 2 fully saturated rings. The maximum Gasteiger partial charge on any atom is 0.256 e. The minimum Gasteiger partial charge on any atom is -0.338 e. The molecule has 1 amide bonds.